The Bertz CT molecular complexity index is 630. The minimum absolute atomic E-state index is 0.107. The maximum absolute atomic E-state index is 12.4. The summed E-state index contributed by atoms with van der Waals surface area (Å²) in [7, 11) is 0. The van der Waals surface area contributed by atoms with Crippen molar-refractivity contribution in [3.63, 3.8) is 0 Å². The number of nitrogens with zero attached hydrogens (tertiary/aromatic N) is 1. The molecule has 0 spiro atoms. The number of carbonyl (C=O) groups is 2. The van der Waals surface area contributed by atoms with Crippen LogP contribution < -0.4 is 4.74 Å². The summed E-state index contributed by atoms with van der Waals surface area (Å²) in [4.78, 5) is 26.2. The van der Waals surface area contributed by atoms with Crippen molar-refractivity contribution < 1.29 is 14.3 Å². The van der Waals surface area contributed by atoms with Gasteiger partial charge < -0.3 is 4.74 Å². The highest BCUT2D eigenvalue weighted by Crippen LogP contribution is 2.36. The lowest BCUT2D eigenvalue weighted by atomic mass is 10.1. The van der Waals surface area contributed by atoms with Crippen LogP contribution >= 0.6 is 23.4 Å². The Hall–Kier alpha value is -1.46. The molecule has 0 N–H and O–H groups in total. The molecule has 1 aromatic carbocycles. The van der Waals surface area contributed by atoms with E-state index in [1.807, 2.05) is 20.8 Å². The molecule has 4 nitrogen and oxygen atoms in total. The summed E-state index contributed by atoms with van der Waals surface area (Å²) in [6.07, 6.45) is 2.40. The van der Waals surface area contributed by atoms with Gasteiger partial charge in [-0.1, -0.05) is 18.5 Å². The molecule has 2 rings (SSSR count). The summed E-state index contributed by atoms with van der Waals surface area (Å²) in [6.45, 7) is 6.21. The Morgan fingerprint density at radius 2 is 2.09 bits per heavy atom. The zero-order valence-corrected chi connectivity index (χ0v) is 14.3. The molecular formula is C16H18ClNO3S. The highest BCUT2D eigenvalue weighted by Gasteiger charge is 2.37. The van der Waals surface area contributed by atoms with Crippen LogP contribution in [0.5, 0.6) is 5.75 Å². The van der Waals surface area contributed by atoms with E-state index in [0.29, 0.717) is 27.8 Å². The van der Waals surface area contributed by atoms with Crippen LogP contribution in [0, 0.1) is 0 Å². The minimum atomic E-state index is -0.258. The molecule has 6 heteroatoms. The summed E-state index contributed by atoms with van der Waals surface area (Å²) >= 11 is 6.97. The van der Waals surface area contributed by atoms with Gasteiger partial charge in [0.25, 0.3) is 11.1 Å². The van der Waals surface area contributed by atoms with Crippen molar-refractivity contribution in [2.75, 3.05) is 6.61 Å². The van der Waals surface area contributed by atoms with Crippen LogP contribution in [0.2, 0.25) is 5.02 Å². The van der Waals surface area contributed by atoms with Crippen LogP contribution in [0.15, 0.2) is 23.1 Å². The highest BCUT2D eigenvalue weighted by atomic mass is 35.5. The zero-order chi connectivity index (χ0) is 16.3. The van der Waals surface area contributed by atoms with Crippen molar-refractivity contribution in [3.8, 4) is 5.75 Å². The van der Waals surface area contributed by atoms with Gasteiger partial charge in [-0.05, 0) is 56.3 Å². The van der Waals surface area contributed by atoms with Crippen molar-refractivity contribution in [3.05, 3.63) is 33.7 Å². The predicted octanol–water partition coefficient (Wildman–Crippen LogP) is 4.57. The number of carbonyl (C=O) groups excluding carboxylic acids is 2. The molecule has 2 amide bonds. The van der Waals surface area contributed by atoms with Gasteiger partial charge in [0.05, 0.1) is 11.5 Å². The lowest BCUT2D eigenvalue weighted by molar-refractivity contribution is -0.124. The standard InChI is InChI=1S/C16H18ClNO3S/c1-4-10(3)18-15(19)14(22-16(18)20)9-11-8-12(17)6-7-13(11)21-5-2/h6-10H,4-5H2,1-3H3/b14-9+/t10-/m0/s1. The maximum atomic E-state index is 12.4. The summed E-state index contributed by atoms with van der Waals surface area (Å²) in [5.74, 6) is 0.383. The van der Waals surface area contributed by atoms with Crippen LogP contribution in [0.25, 0.3) is 6.08 Å². The molecule has 1 aliphatic rings. The Morgan fingerprint density at radius 3 is 2.73 bits per heavy atom. The monoisotopic (exact) mass is 339 g/mol. The van der Waals surface area contributed by atoms with Gasteiger partial charge in [-0.15, -0.1) is 0 Å². The molecule has 1 saturated heterocycles. The number of halogens is 1. The number of rotatable bonds is 5. The zero-order valence-electron chi connectivity index (χ0n) is 12.8. The fourth-order valence-electron chi connectivity index (χ4n) is 2.10. The normalized spacial score (nSPS) is 18.2. The maximum Gasteiger partial charge on any atom is 0.293 e. The lowest BCUT2D eigenvalue weighted by Gasteiger charge is -2.19. The number of imide groups is 1. The van der Waals surface area contributed by atoms with E-state index in [-0.39, 0.29) is 17.2 Å². The van der Waals surface area contributed by atoms with Crippen molar-refractivity contribution in [1.82, 2.24) is 4.90 Å². The van der Waals surface area contributed by atoms with E-state index in [2.05, 4.69) is 0 Å². The highest BCUT2D eigenvalue weighted by molar-refractivity contribution is 8.18. The average Bonchev–Trinajstić information content (AvgIpc) is 2.76. The first-order chi connectivity index (χ1) is 10.5. The van der Waals surface area contributed by atoms with Gasteiger partial charge >= 0.3 is 0 Å². The molecule has 1 aromatic rings. The van der Waals surface area contributed by atoms with Gasteiger partial charge in [-0.2, -0.15) is 0 Å². The van der Waals surface area contributed by atoms with Crippen LogP contribution in [-0.2, 0) is 4.79 Å². The summed E-state index contributed by atoms with van der Waals surface area (Å²) in [5.41, 5.74) is 0.698. The number of amides is 2. The molecule has 0 radical (unpaired) electrons. The first-order valence-corrected chi connectivity index (χ1v) is 8.36. The van der Waals surface area contributed by atoms with E-state index in [1.165, 1.54) is 4.90 Å². The molecule has 1 fully saturated rings. The minimum Gasteiger partial charge on any atom is -0.493 e. The SMILES string of the molecule is CCOc1ccc(Cl)cc1/C=C1/SC(=O)N([C@@H](C)CC)C1=O. The van der Waals surface area contributed by atoms with Gasteiger partial charge in [0.2, 0.25) is 0 Å². The number of hydrogen-bond acceptors (Lipinski definition) is 4. The summed E-state index contributed by atoms with van der Waals surface area (Å²) in [6, 6.07) is 5.11. The quantitative estimate of drug-likeness (QED) is 0.737. The second-order valence-electron chi connectivity index (χ2n) is 4.92. The molecule has 0 unspecified atom stereocenters. The molecule has 22 heavy (non-hydrogen) atoms. The van der Waals surface area contributed by atoms with Crippen molar-refractivity contribution in [2.24, 2.45) is 0 Å². The number of hydrogen-bond donors (Lipinski definition) is 0. The summed E-state index contributed by atoms with van der Waals surface area (Å²) in [5, 5.41) is 0.321. The van der Waals surface area contributed by atoms with Crippen LogP contribution in [0.1, 0.15) is 32.8 Å². The largest absolute Gasteiger partial charge is 0.493 e. The second-order valence-corrected chi connectivity index (χ2v) is 6.35. The van der Waals surface area contributed by atoms with E-state index in [1.54, 1.807) is 24.3 Å². The Morgan fingerprint density at radius 1 is 1.36 bits per heavy atom. The Labute approximate surface area is 139 Å². The molecule has 0 aromatic heterocycles. The fourth-order valence-corrected chi connectivity index (χ4v) is 3.20. The molecule has 1 heterocycles. The molecule has 0 aliphatic carbocycles. The predicted molar refractivity (Wildman–Crippen MR) is 90.2 cm³/mol. The van der Waals surface area contributed by atoms with Gasteiger partial charge in [-0.25, -0.2) is 0 Å². The number of thioether (sulfide) groups is 1. The van der Waals surface area contributed by atoms with Crippen molar-refractivity contribution >= 4 is 40.6 Å². The van der Waals surface area contributed by atoms with E-state index in [4.69, 9.17) is 16.3 Å². The molecule has 0 saturated carbocycles. The number of benzene rings is 1. The van der Waals surface area contributed by atoms with Crippen LogP contribution in [-0.4, -0.2) is 28.7 Å². The van der Waals surface area contributed by atoms with E-state index >= 15 is 0 Å². The van der Waals surface area contributed by atoms with Gasteiger partial charge in [0, 0.05) is 16.6 Å². The smallest absolute Gasteiger partial charge is 0.293 e. The first kappa shape index (κ1) is 16.9. The second kappa shape index (κ2) is 7.20. The van der Waals surface area contributed by atoms with Gasteiger partial charge in [0.1, 0.15) is 5.75 Å². The Balaban J connectivity index is 2.36. The van der Waals surface area contributed by atoms with E-state index < -0.39 is 0 Å². The van der Waals surface area contributed by atoms with E-state index in [0.717, 1.165) is 18.2 Å². The third-order valence-electron chi connectivity index (χ3n) is 3.41. The van der Waals surface area contributed by atoms with Crippen LogP contribution in [0.4, 0.5) is 4.79 Å². The number of ether oxygens (including phenoxy) is 1. The molecule has 1 atom stereocenters. The first-order valence-electron chi connectivity index (χ1n) is 7.17. The van der Waals surface area contributed by atoms with Crippen molar-refractivity contribution in [2.45, 2.75) is 33.2 Å². The fraction of sp³-hybridized carbons (Fsp3) is 0.375. The lowest BCUT2D eigenvalue weighted by Crippen LogP contribution is -2.36. The van der Waals surface area contributed by atoms with E-state index in [9.17, 15) is 9.59 Å². The van der Waals surface area contributed by atoms with Crippen molar-refractivity contribution in [1.29, 1.82) is 0 Å². The third kappa shape index (κ3) is 3.47. The molecule has 1 aliphatic heterocycles. The third-order valence-corrected chi connectivity index (χ3v) is 4.53. The van der Waals surface area contributed by atoms with Gasteiger partial charge in [0.15, 0.2) is 0 Å². The molecule has 118 valence electrons. The molecule has 0 bridgehead atoms. The average molecular weight is 340 g/mol. The topological polar surface area (TPSA) is 46.6 Å². The molecular weight excluding hydrogens is 322 g/mol. The Kier molecular flexibility index (Phi) is 5.53. The van der Waals surface area contributed by atoms with Gasteiger partial charge in [-0.3, -0.25) is 14.5 Å². The van der Waals surface area contributed by atoms with Crippen LogP contribution in [0.3, 0.4) is 0 Å². The summed E-state index contributed by atoms with van der Waals surface area (Å²) < 4.78 is 5.54.